The second-order valence-electron chi connectivity index (χ2n) is 5.04. The summed E-state index contributed by atoms with van der Waals surface area (Å²) in [7, 11) is 0. The van der Waals surface area contributed by atoms with Crippen LogP contribution in [0.15, 0.2) is 35.9 Å². The lowest BCUT2D eigenvalue weighted by Crippen LogP contribution is -2.34. The van der Waals surface area contributed by atoms with Crippen LogP contribution in [0.5, 0.6) is 0 Å². The standard InChI is InChI=1S/C15H21N3O2/c1-10(2)9-14(19)17-12-5-7-13(8-6-12)18-15(20)16-11(3)4/h5-9,11H,1-4H3,(H,17,19)(H2,16,18,20). The van der Waals surface area contributed by atoms with Gasteiger partial charge in [0.25, 0.3) is 0 Å². The molecule has 5 nitrogen and oxygen atoms in total. The van der Waals surface area contributed by atoms with Gasteiger partial charge >= 0.3 is 6.03 Å². The number of allylic oxidation sites excluding steroid dienone is 1. The van der Waals surface area contributed by atoms with Gasteiger partial charge in [-0.2, -0.15) is 0 Å². The van der Waals surface area contributed by atoms with Crippen molar-refractivity contribution in [3.05, 3.63) is 35.9 Å². The first-order valence-corrected chi connectivity index (χ1v) is 6.50. The summed E-state index contributed by atoms with van der Waals surface area (Å²) in [5, 5.41) is 8.19. The Balaban J connectivity index is 2.58. The molecular formula is C15H21N3O2. The summed E-state index contributed by atoms with van der Waals surface area (Å²) in [4.78, 5) is 23.0. The van der Waals surface area contributed by atoms with Gasteiger partial charge in [-0.1, -0.05) is 5.57 Å². The average Bonchev–Trinajstić information content (AvgIpc) is 2.29. The van der Waals surface area contributed by atoms with Crippen molar-refractivity contribution in [3.8, 4) is 0 Å². The van der Waals surface area contributed by atoms with E-state index in [4.69, 9.17) is 0 Å². The number of urea groups is 1. The van der Waals surface area contributed by atoms with E-state index in [9.17, 15) is 9.59 Å². The van der Waals surface area contributed by atoms with Crippen LogP contribution in [0, 0.1) is 0 Å². The van der Waals surface area contributed by atoms with E-state index in [1.807, 2.05) is 27.7 Å². The monoisotopic (exact) mass is 275 g/mol. The van der Waals surface area contributed by atoms with Gasteiger partial charge < -0.3 is 16.0 Å². The van der Waals surface area contributed by atoms with Gasteiger partial charge in [0, 0.05) is 23.5 Å². The molecule has 3 N–H and O–H groups in total. The normalized spacial score (nSPS) is 9.85. The Labute approximate surface area is 119 Å². The van der Waals surface area contributed by atoms with Crippen LogP contribution in [0.4, 0.5) is 16.2 Å². The number of rotatable bonds is 4. The molecule has 0 heterocycles. The van der Waals surface area contributed by atoms with E-state index in [2.05, 4.69) is 16.0 Å². The van der Waals surface area contributed by atoms with Gasteiger partial charge in [0.15, 0.2) is 0 Å². The van der Waals surface area contributed by atoms with Crippen molar-refractivity contribution in [3.63, 3.8) is 0 Å². The summed E-state index contributed by atoms with van der Waals surface area (Å²) in [6.45, 7) is 7.50. The molecule has 0 saturated carbocycles. The third-order valence-electron chi connectivity index (χ3n) is 2.25. The zero-order valence-electron chi connectivity index (χ0n) is 12.3. The third kappa shape index (κ3) is 6.04. The molecule has 0 aliphatic carbocycles. The fraction of sp³-hybridized carbons (Fsp3) is 0.333. The minimum absolute atomic E-state index is 0.0811. The lowest BCUT2D eigenvalue weighted by atomic mass is 10.2. The van der Waals surface area contributed by atoms with E-state index < -0.39 is 0 Å². The highest BCUT2D eigenvalue weighted by Crippen LogP contribution is 2.13. The molecule has 0 atom stereocenters. The summed E-state index contributed by atoms with van der Waals surface area (Å²) in [5.74, 6) is -0.164. The molecule has 0 saturated heterocycles. The van der Waals surface area contributed by atoms with E-state index in [1.54, 1.807) is 24.3 Å². The molecule has 1 aromatic carbocycles. The summed E-state index contributed by atoms with van der Waals surface area (Å²) in [6, 6.07) is 6.78. The number of benzene rings is 1. The number of carbonyl (C=O) groups is 2. The molecule has 0 aliphatic heterocycles. The molecule has 0 radical (unpaired) electrons. The lowest BCUT2D eigenvalue weighted by Gasteiger charge is -2.10. The van der Waals surface area contributed by atoms with E-state index in [1.165, 1.54) is 6.08 Å². The van der Waals surface area contributed by atoms with Crippen molar-refractivity contribution in [2.45, 2.75) is 33.7 Å². The molecule has 20 heavy (non-hydrogen) atoms. The van der Waals surface area contributed by atoms with Crippen LogP contribution < -0.4 is 16.0 Å². The summed E-state index contributed by atoms with van der Waals surface area (Å²) >= 11 is 0. The predicted octanol–water partition coefficient (Wildman–Crippen LogP) is 3.12. The maximum Gasteiger partial charge on any atom is 0.319 e. The Bertz CT molecular complexity index is 500. The average molecular weight is 275 g/mol. The zero-order chi connectivity index (χ0) is 15.1. The molecule has 0 aromatic heterocycles. The van der Waals surface area contributed by atoms with Gasteiger partial charge in [-0.3, -0.25) is 4.79 Å². The van der Waals surface area contributed by atoms with E-state index in [-0.39, 0.29) is 18.0 Å². The topological polar surface area (TPSA) is 70.2 Å². The molecule has 5 heteroatoms. The number of carbonyl (C=O) groups excluding carboxylic acids is 2. The van der Waals surface area contributed by atoms with E-state index in [0.29, 0.717) is 11.4 Å². The zero-order valence-corrected chi connectivity index (χ0v) is 12.3. The second kappa shape index (κ2) is 7.33. The fourth-order valence-electron chi connectivity index (χ4n) is 1.51. The fourth-order valence-corrected chi connectivity index (χ4v) is 1.51. The SMILES string of the molecule is CC(C)=CC(=O)Nc1ccc(NC(=O)NC(C)C)cc1. The van der Waals surface area contributed by atoms with Crippen LogP contribution in [0.25, 0.3) is 0 Å². The maximum absolute atomic E-state index is 11.5. The summed E-state index contributed by atoms with van der Waals surface area (Å²) < 4.78 is 0. The smallest absolute Gasteiger partial charge is 0.319 e. The minimum atomic E-state index is -0.249. The van der Waals surface area contributed by atoms with E-state index >= 15 is 0 Å². The summed E-state index contributed by atoms with van der Waals surface area (Å²) in [5.41, 5.74) is 2.29. The van der Waals surface area contributed by atoms with Gasteiger partial charge in [0.1, 0.15) is 0 Å². The first-order valence-electron chi connectivity index (χ1n) is 6.50. The molecule has 1 aromatic rings. The van der Waals surface area contributed by atoms with Crippen molar-refractivity contribution < 1.29 is 9.59 Å². The van der Waals surface area contributed by atoms with Crippen LogP contribution in [0.3, 0.4) is 0 Å². The molecule has 0 bridgehead atoms. The first-order chi connectivity index (χ1) is 9.36. The molecule has 1 rings (SSSR count). The van der Waals surface area contributed by atoms with Crippen molar-refractivity contribution in [2.24, 2.45) is 0 Å². The van der Waals surface area contributed by atoms with Crippen molar-refractivity contribution in [2.75, 3.05) is 10.6 Å². The van der Waals surface area contributed by atoms with Crippen LogP contribution >= 0.6 is 0 Å². The first kappa shape index (κ1) is 15.8. The minimum Gasteiger partial charge on any atom is -0.336 e. The Morgan fingerprint density at radius 3 is 1.95 bits per heavy atom. The number of nitrogens with one attached hydrogen (secondary N) is 3. The Morgan fingerprint density at radius 1 is 1.00 bits per heavy atom. The maximum atomic E-state index is 11.5. The van der Waals surface area contributed by atoms with Crippen LogP contribution in [0.1, 0.15) is 27.7 Å². The Morgan fingerprint density at radius 2 is 1.50 bits per heavy atom. The van der Waals surface area contributed by atoms with Crippen molar-refractivity contribution in [1.29, 1.82) is 0 Å². The Hall–Kier alpha value is -2.30. The quantitative estimate of drug-likeness (QED) is 0.739. The highest BCUT2D eigenvalue weighted by molar-refractivity contribution is 5.99. The van der Waals surface area contributed by atoms with Gasteiger partial charge in [0.05, 0.1) is 0 Å². The molecule has 0 aliphatic rings. The lowest BCUT2D eigenvalue weighted by molar-refractivity contribution is -0.111. The number of anilines is 2. The van der Waals surface area contributed by atoms with Gasteiger partial charge in [-0.15, -0.1) is 0 Å². The molecule has 0 spiro atoms. The molecule has 0 fully saturated rings. The highest BCUT2D eigenvalue weighted by Gasteiger charge is 2.03. The van der Waals surface area contributed by atoms with E-state index in [0.717, 1.165) is 5.57 Å². The summed E-state index contributed by atoms with van der Waals surface area (Å²) in [6.07, 6.45) is 1.53. The van der Waals surface area contributed by atoms with Crippen molar-refractivity contribution in [1.82, 2.24) is 5.32 Å². The number of amides is 3. The second-order valence-corrected chi connectivity index (χ2v) is 5.04. The molecule has 0 unspecified atom stereocenters. The third-order valence-corrected chi connectivity index (χ3v) is 2.25. The molecular weight excluding hydrogens is 254 g/mol. The largest absolute Gasteiger partial charge is 0.336 e. The molecule has 108 valence electrons. The predicted molar refractivity (Wildman–Crippen MR) is 81.8 cm³/mol. The Kier molecular flexibility index (Phi) is 5.77. The van der Waals surface area contributed by atoms with Crippen LogP contribution in [-0.2, 0) is 4.79 Å². The van der Waals surface area contributed by atoms with Crippen LogP contribution in [-0.4, -0.2) is 18.0 Å². The van der Waals surface area contributed by atoms with Crippen molar-refractivity contribution >= 4 is 23.3 Å². The number of hydrogen-bond acceptors (Lipinski definition) is 2. The van der Waals surface area contributed by atoms with Gasteiger partial charge in [0.2, 0.25) is 5.91 Å². The van der Waals surface area contributed by atoms with Gasteiger partial charge in [-0.05, 0) is 52.0 Å². The number of hydrogen-bond donors (Lipinski definition) is 3. The van der Waals surface area contributed by atoms with Crippen LogP contribution in [0.2, 0.25) is 0 Å². The molecule has 3 amide bonds. The van der Waals surface area contributed by atoms with Gasteiger partial charge in [-0.25, -0.2) is 4.79 Å². The highest BCUT2D eigenvalue weighted by atomic mass is 16.2.